The molecule has 194 valence electrons. The molecule has 0 saturated heterocycles. The van der Waals surface area contributed by atoms with Crippen molar-refractivity contribution < 1.29 is 0 Å². The van der Waals surface area contributed by atoms with Gasteiger partial charge in [0, 0.05) is 47.4 Å². The zero-order valence-electron chi connectivity index (χ0n) is 22.8. The second-order valence-corrected chi connectivity index (χ2v) is 12.1. The molecule has 0 amide bonds. The largest absolute Gasteiger partial charge is 0.309 e. The Morgan fingerprint density at radius 2 is 1.07 bits per heavy atom. The molecule has 6 aromatic carbocycles. The Morgan fingerprint density at radius 1 is 0.463 bits per heavy atom. The Bertz CT molecular complexity index is 2430. The summed E-state index contributed by atoms with van der Waals surface area (Å²) in [6.45, 7) is 4.44. The highest BCUT2D eigenvalue weighted by Crippen LogP contribution is 2.44. The van der Waals surface area contributed by atoms with Crippen molar-refractivity contribution >= 4 is 75.1 Å². The van der Waals surface area contributed by atoms with Crippen LogP contribution in [-0.2, 0) is 0 Å². The van der Waals surface area contributed by atoms with E-state index in [-0.39, 0.29) is 0 Å². The average molecular weight is 543 g/mol. The van der Waals surface area contributed by atoms with Crippen LogP contribution >= 0.6 is 11.3 Å². The van der Waals surface area contributed by atoms with Crippen LogP contribution in [0.25, 0.3) is 75.2 Å². The van der Waals surface area contributed by atoms with Crippen LogP contribution in [0.3, 0.4) is 0 Å². The van der Waals surface area contributed by atoms with E-state index in [1.807, 2.05) is 11.3 Å². The fourth-order valence-electron chi connectivity index (χ4n) is 7.01. The van der Waals surface area contributed by atoms with Gasteiger partial charge in [0.15, 0.2) is 0 Å². The molecule has 0 radical (unpaired) electrons. The first kappa shape index (κ1) is 22.9. The standard InChI is InChI=1S/C38H26N2S/c1-23-10-9-11-24(2)37(23)40-33-17-8-5-14-29(33)36-34(40)20-19-28-30-22-25(18-21-35(30)41-38(28)36)39-31-15-6-3-12-26(31)27-13-4-7-16-32(27)39/h3-22H,1-2H3. The highest BCUT2D eigenvalue weighted by atomic mass is 32.1. The fraction of sp³-hybridized carbons (Fsp3) is 0.0526. The minimum absolute atomic E-state index is 1.20. The van der Waals surface area contributed by atoms with Crippen LogP contribution in [0.5, 0.6) is 0 Å². The van der Waals surface area contributed by atoms with E-state index < -0.39 is 0 Å². The second kappa shape index (κ2) is 8.33. The molecule has 0 unspecified atom stereocenters. The van der Waals surface area contributed by atoms with Crippen molar-refractivity contribution in [3.8, 4) is 11.4 Å². The summed E-state index contributed by atoms with van der Waals surface area (Å²) in [7, 11) is 0. The molecular weight excluding hydrogens is 516 g/mol. The molecule has 3 aromatic heterocycles. The number of hydrogen-bond acceptors (Lipinski definition) is 1. The summed E-state index contributed by atoms with van der Waals surface area (Å²) in [5.41, 5.74) is 10.1. The van der Waals surface area contributed by atoms with Gasteiger partial charge in [-0.05, 0) is 67.4 Å². The number of aryl methyl sites for hydroxylation is 2. The van der Waals surface area contributed by atoms with E-state index in [9.17, 15) is 0 Å². The molecule has 9 aromatic rings. The van der Waals surface area contributed by atoms with Gasteiger partial charge in [0.25, 0.3) is 0 Å². The molecule has 0 fully saturated rings. The van der Waals surface area contributed by atoms with Crippen LogP contribution < -0.4 is 0 Å². The van der Waals surface area contributed by atoms with Gasteiger partial charge in [0.2, 0.25) is 0 Å². The van der Waals surface area contributed by atoms with Crippen LogP contribution in [0.15, 0.2) is 121 Å². The summed E-state index contributed by atoms with van der Waals surface area (Å²) in [5.74, 6) is 0. The predicted molar refractivity (Wildman–Crippen MR) is 177 cm³/mol. The Balaban J connectivity index is 1.37. The normalized spacial score (nSPS) is 12.1. The van der Waals surface area contributed by atoms with E-state index in [1.54, 1.807) is 0 Å². The number of para-hydroxylation sites is 4. The Morgan fingerprint density at radius 3 is 1.76 bits per heavy atom. The highest BCUT2D eigenvalue weighted by Gasteiger charge is 2.20. The lowest BCUT2D eigenvalue weighted by Crippen LogP contribution is -1.99. The van der Waals surface area contributed by atoms with Crippen molar-refractivity contribution in [2.75, 3.05) is 0 Å². The summed E-state index contributed by atoms with van der Waals surface area (Å²) >= 11 is 1.91. The number of thiophene rings is 1. The molecule has 9 rings (SSSR count). The van der Waals surface area contributed by atoms with Crippen molar-refractivity contribution in [3.63, 3.8) is 0 Å². The molecule has 0 spiro atoms. The Kier molecular flexibility index (Phi) is 4.65. The topological polar surface area (TPSA) is 9.86 Å². The third kappa shape index (κ3) is 3.07. The quantitative estimate of drug-likeness (QED) is 0.206. The molecule has 0 atom stereocenters. The Labute approximate surface area is 241 Å². The highest BCUT2D eigenvalue weighted by molar-refractivity contribution is 7.26. The van der Waals surface area contributed by atoms with Crippen molar-refractivity contribution in [1.82, 2.24) is 9.13 Å². The monoisotopic (exact) mass is 542 g/mol. The Hall–Kier alpha value is -4.86. The van der Waals surface area contributed by atoms with Gasteiger partial charge in [-0.15, -0.1) is 11.3 Å². The third-order valence-corrected chi connectivity index (χ3v) is 9.96. The van der Waals surface area contributed by atoms with E-state index in [2.05, 4.69) is 144 Å². The van der Waals surface area contributed by atoms with Crippen LogP contribution in [0.2, 0.25) is 0 Å². The molecule has 0 N–H and O–H groups in total. The number of hydrogen-bond donors (Lipinski definition) is 0. The molecule has 3 heteroatoms. The van der Waals surface area contributed by atoms with E-state index in [1.165, 1.54) is 86.3 Å². The first-order chi connectivity index (χ1) is 20.2. The maximum Gasteiger partial charge on any atom is 0.0555 e. The number of aromatic nitrogens is 2. The molecule has 0 bridgehead atoms. The summed E-state index contributed by atoms with van der Waals surface area (Å²) in [4.78, 5) is 0. The van der Waals surface area contributed by atoms with Gasteiger partial charge in [-0.3, -0.25) is 0 Å². The van der Waals surface area contributed by atoms with Gasteiger partial charge in [-0.1, -0.05) is 78.9 Å². The van der Waals surface area contributed by atoms with Crippen LogP contribution in [0.1, 0.15) is 11.1 Å². The molecule has 0 saturated carbocycles. The van der Waals surface area contributed by atoms with E-state index in [0.29, 0.717) is 0 Å². The number of benzene rings is 6. The third-order valence-electron chi connectivity index (χ3n) is 8.76. The molecule has 0 aliphatic carbocycles. The van der Waals surface area contributed by atoms with Crippen LogP contribution in [0.4, 0.5) is 0 Å². The maximum atomic E-state index is 2.47. The number of nitrogens with zero attached hydrogens (tertiary/aromatic N) is 2. The summed E-state index contributed by atoms with van der Waals surface area (Å²) in [6.07, 6.45) is 0. The predicted octanol–water partition coefficient (Wildman–Crippen LogP) is 10.9. The lowest BCUT2D eigenvalue weighted by molar-refractivity contribution is 1.12. The van der Waals surface area contributed by atoms with Gasteiger partial charge >= 0.3 is 0 Å². The second-order valence-electron chi connectivity index (χ2n) is 11.1. The number of fused-ring (bicyclic) bond motifs is 10. The van der Waals surface area contributed by atoms with E-state index in [0.717, 1.165) is 0 Å². The van der Waals surface area contributed by atoms with E-state index >= 15 is 0 Å². The number of rotatable bonds is 2. The molecule has 0 aliphatic heterocycles. The molecule has 2 nitrogen and oxygen atoms in total. The zero-order valence-corrected chi connectivity index (χ0v) is 23.7. The molecular formula is C38H26N2S. The van der Waals surface area contributed by atoms with E-state index in [4.69, 9.17) is 0 Å². The first-order valence-corrected chi connectivity index (χ1v) is 14.9. The summed E-state index contributed by atoms with van der Waals surface area (Å²) in [6, 6.07) is 44.6. The van der Waals surface area contributed by atoms with Gasteiger partial charge < -0.3 is 9.13 Å². The van der Waals surface area contributed by atoms with Crippen molar-refractivity contribution in [2.24, 2.45) is 0 Å². The average Bonchev–Trinajstić information content (AvgIpc) is 3.65. The molecule has 3 heterocycles. The summed E-state index contributed by atoms with van der Waals surface area (Å²) < 4.78 is 7.57. The van der Waals surface area contributed by atoms with Crippen molar-refractivity contribution in [1.29, 1.82) is 0 Å². The van der Waals surface area contributed by atoms with Crippen LogP contribution in [0, 0.1) is 13.8 Å². The lowest BCUT2D eigenvalue weighted by Gasteiger charge is -2.14. The van der Waals surface area contributed by atoms with Gasteiger partial charge in [0.05, 0.1) is 27.8 Å². The van der Waals surface area contributed by atoms with Gasteiger partial charge in [-0.25, -0.2) is 0 Å². The lowest BCUT2D eigenvalue weighted by atomic mass is 10.1. The molecule has 41 heavy (non-hydrogen) atoms. The zero-order chi connectivity index (χ0) is 27.2. The SMILES string of the molecule is Cc1cccc(C)c1-n1c2ccccc2c2c3sc4ccc(-n5c6ccccc6c6ccccc65)cc4c3ccc21. The van der Waals surface area contributed by atoms with Crippen molar-refractivity contribution in [3.05, 3.63) is 132 Å². The van der Waals surface area contributed by atoms with Gasteiger partial charge in [-0.2, -0.15) is 0 Å². The van der Waals surface area contributed by atoms with Crippen molar-refractivity contribution in [2.45, 2.75) is 13.8 Å². The fourth-order valence-corrected chi connectivity index (χ4v) is 8.25. The van der Waals surface area contributed by atoms with Gasteiger partial charge in [0.1, 0.15) is 0 Å². The van der Waals surface area contributed by atoms with Crippen LogP contribution in [-0.4, -0.2) is 9.13 Å². The smallest absolute Gasteiger partial charge is 0.0555 e. The molecule has 0 aliphatic rings. The minimum Gasteiger partial charge on any atom is -0.309 e. The maximum absolute atomic E-state index is 2.47. The first-order valence-electron chi connectivity index (χ1n) is 14.1. The summed E-state index contributed by atoms with van der Waals surface area (Å²) in [5, 5.41) is 7.88. The minimum atomic E-state index is 1.20.